The molecule has 1 aromatic rings. The lowest BCUT2D eigenvalue weighted by Gasteiger charge is -2.13. The highest BCUT2D eigenvalue weighted by atomic mass is 79.9. The van der Waals surface area contributed by atoms with Crippen LogP contribution in [-0.4, -0.2) is 6.54 Å². The zero-order valence-electron chi connectivity index (χ0n) is 10.5. The van der Waals surface area contributed by atoms with Gasteiger partial charge in [0.05, 0.1) is 5.02 Å². The van der Waals surface area contributed by atoms with Crippen molar-refractivity contribution in [1.29, 1.82) is 0 Å². The number of allylic oxidation sites excluding steroid dienone is 1. The molecule has 1 N–H and O–H groups in total. The molecule has 0 amide bonds. The van der Waals surface area contributed by atoms with E-state index in [0.29, 0.717) is 0 Å². The van der Waals surface area contributed by atoms with Crippen LogP contribution in [0.3, 0.4) is 0 Å². The van der Waals surface area contributed by atoms with E-state index < -0.39 is 0 Å². The molecule has 0 aliphatic heterocycles. The smallest absolute Gasteiger partial charge is 0.0551 e. The molecule has 0 atom stereocenters. The van der Waals surface area contributed by atoms with Crippen LogP contribution in [0.5, 0.6) is 0 Å². The molecule has 98 valence electrons. The van der Waals surface area contributed by atoms with Gasteiger partial charge in [0.1, 0.15) is 0 Å². The van der Waals surface area contributed by atoms with Gasteiger partial charge in [-0.2, -0.15) is 0 Å². The monoisotopic (exact) mass is 327 g/mol. The van der Waals surface area contributed by atoms with Crippen molar-refractivity contribution in [3.05, 3.63) is 44.9 Å². The van der Waals surface area contributed by atoms with Crippen LogP contribution < -0.4 is 5.32 Å². The average Bonchev–Trinajstić information content (AvgIpc) is 2.40. The first-order valence-corrected chi connectivity index (χ1v) is 7.75. The summed E-state index contributed by atoms with van der Waals surface area (Å²) in [5.74, 6) is 0. The van der Waals surface area contributed by atoms with Gasteiger partial charge in [-0.1, -0.05) is 29.3 Å². The predicted molar refractivity (Wildman–Crippen MR) is 82.0 cm³/mol. The zero-order chi connectivity index (χ0) is 12.8. The van der Waals surface area contributed by atoms with Gasteiger partial charge < -0.3 is 5.32 Å². The Kier molecular flexibility index (Phi) is 5.74. The van der Waals surface area contributed by atoms with E-state index in [0.717, 1.165) is 22.6 Å². The molecule has 1 nitrogen and oxygen atoms in total. The summed E-state index contributed by atoms with van der Waals surface area (Å²) in [6.07, 6.45) is 8.91. The minimum Gasteiger partial charge on any atom is -0.312 e. The van der Waals surface area contributed by atoms with Crippen LogP contribution in [0.1, 0.15) is 37.7 Å². The fraction of sp³-hybridized carbons (Fsp3) is 0.467. The normalized spacial score (nSPS) is 15.6. The quantitative estimate of drug-likeness (QED) is 0.587. The Labute approximate surface area is 123 Å². The molecule has 3 heteroatoms. The Morgan fingerprint density at radius 3 is 2.89 bits per heavy atom. The van der Waals surface area contributed by atoms with Gasteiger partial charge in [0.15, 0.2) is 0 Å². The lowest BCUT2D eigenvalue weighted by atomic mass is 9.97. The largest absolute Gasteiger partial charge is 0.312 e. The van der Waals surface area contributed by atoms with Crippen molar-refractivity contribution in [1.82, 2.24) is 5.32 Å². The summed E-state index contributed by atoms with van der Waals surface area (Å²) in [4.78, 5) is 0. The van der Waals surface area contributed by atoms with Crippen molar-refractivity contribution in [2.24, 2.45) is 0 Å². The van der Waals surface area contributed by atoms with Gasteiger partial charge in [-0.25, -0.2) is 0 Å². The van der Waals surface area contributed by atoms with E-state index in [2.05, 4.69) is 33.4 Å². The first-order valence-electron chi connectivity index (χ1n) is 6.58. The summed E-state index contributed by atoms with van der Waals surface area (Å²) in [5.41, 5.74) is 2.86. The standard InChI is InChI=1S/C15H19BrClN/c16-14-7-6-13(10-15(14)17)11-18-9-8-12-4-2-1-3-5-12/h4,6-7,10,18H,1-3,5,8-9,11H2. The second kappa shape index (κ2) is 7.32. The summed E-state index contributed by atoms with van der Waals surface area (Å²) in [5, 5.41) is 4.26. The Morgan fingerprint density at radius 1 is 1.28 bits per heavy atom. The van der Waals surface area contributed by atoms with Crippen LogP contribution in [0, 0.1) is 0 Å². The molecule has 1 aromatic carbocycles. The maximum absolute atomic E-state index is 6.06. The van der Waals surface area contributed by atoms with E-state index in [1.807, 2.05) is 12.1 Å². The van der Waals surface area contributed by atoms with E-state index in [9.17, 15) is 0 Å². The molecule has 0 spiro atoms. The zero-order valence-corrected chi connectivity index (χ0v) is 12.9. The molecule has 0 fully saturated rings. The fourth-order valence-corrected chi connectivity index (χ4v) is 2.71. The number of hydrogen-bond donors (Lipinski definition) is 1. The van der Waals surface area contributed by atoms with Crippen LogP contribution in [0.15, 0.2) is 34.3 Å². The topological polar surface area (TPSA) is 12.0 Å². The van der Waals surface area contributed by atoms with Gasteiger partial charge in [0.2, 0.25) is 0 Å². The third kappa shape index (κ3) is 4.42. The van der Waals surface area contributed by atoms with E-state index in [-0.39, 0.29) is 0 Å². The van der Waals surface area contributed by atoms with Gasteiger partial charge in [0, 0.05) is 11.0 Å². The van der Waals surface area contributed by atoms with Crippen LogP contribution in [0.2, 0.25) is 5.02 Å². The lowest BCUT2D eigenvalue weighted by molar-refractivity contribution is 0.632. The van der Waals surface area contributed by atoms with Crippen LogP contribution in [-0.2, 0) is 6.54 Å². The number of benzene rings is 1. The van der Waals surface area contributed by atoms with Crippen molar-refractivity contribution in [2.75, 3.05) is 6.54 Å². The van der Waals surface area contributed by atoms with E-state index in [1.165, 1.54) is 37.7 Å². The fourth-order valence-electron chi connectivity index (χ4n) is 2.26. The maximum atomic E-state index is 6.06. The Morgan fingerprint density at radius 2 is 2.17 bits per heavy atom. The second-order valence-electron chi connectivity index (χ2n) is 4.78. The first kappa shape index (κ1) is 14.1. The summed E-state index contributed by atoms with van der Waals surface area (Å²) >= 11 is 9.47. The molecular formula is C15H19BrClN. The molecule has 0 unspecified atom stereocenters. The van der Waals surface area contributed by atoms with Gasteiger partial charge in [0.25, 0.3) is 0 Å². The highest BCUT2D eigenvalue weighted by Crippen LogP contribution is 2.23. The minimum atomic E-state index is 0.782. The van der Waals surface area contributed by atoms with Gasteiger partial charge in [-0.15, -0.1) is 0 Å². The van der Waals surface area contributed by atoms with Crippen molar-refractivity contribution < 1.29 is 0 Å². The van der Waals surface area contributed by atoms with Crippen LogP contribution in [0.4, 0.5) is 0 Å². The molecule has 1 aliphatic carbocycles. The maximum Gasteiger partial charge on any atom is 0.0551 e. The predicted octanol–water partition coefficient (Wildman–Crippen LogP) is 5.08. The third-order valence-corrected chi connectivity index (χ3v) is 4.55. The second-order valence-corrected chi connectivity index (χ2v) is 6.04. The van der Waals surface area contributed by atoms with E-state index in [4.69, 9.17) is 11.6 Å². The van der Waals surface area contributed by atoms with Crippen LogP contribution in [0.25, 0.3) is 0 Å². The van der Waals surface area contributed by atoms with Crippen LogP contribution >= 0.6 is 27.5 Å². The molecule has 0 heterocycles. The summed E-state index contributed by atoms with van der Waals surface area (Å²) in [6.45, 7) is 1.94. The number of halogens is 2. The molecule has 0 saturated heterocycles. The molecule has 0 radical (unpaired) electrons. The first-order chi connectivity index (χ1) is 8.75. The van der Waals surface area contributed by atoms with E-state index >= 15 is 0 Å². The summed E-state index contributed by atoms with van der Waals surface area (Å²) in [7, 11) is 0. The van der Waals surface area contributed by atoms with Crippen molar-refractivity contribution in [3.8, 4) is 0 Å². The van der Waals surface area contributed by atoms with Crippen molar-refractivity contribution >= 4 is 27.5 Å². The number of hydrogen-bond acceptors (Lipinski definition) is 1. The molecule has 0 bridgehead atoms. The Bertz CT molecular complexity index is 429. The highest BCUT2D eigenvalue weighted by molar-refractivity contribution is 9.10. The third-order valence-electron chi connectivity index (χ3n) is 3.32. The average molecular weight is 329 g/mol. The molecule has 18 heavy (non-hydrogen) atoms. The lowest BCUT2D eigenvalue weighted by Crippen LogP contribution is -2.15. The van der Waals surface area contributed by atoms with Gasteiger partial charge in [-0.3, -0.25) is 0 Å². The molecule has 0 saturated carbocycles. The number of rotatable bonds is 5. The molecule has 2 rings (SSSR count). The van der Waals surface area contributed by atoms with Gasteiger partial charge >= 0.3 is 0 Å². The SMILES string of the molecule is Clc1cc(CNCCC2=CCCCC2)ccc1Br. The molecule has 1 aliphatic rings. The Balaban J connectivity index is 1.71. The van der Waals surface area contributed by atoms with E-state index in [1.54, 1.807) is 5.57 Å². The van der Waals surface area contributed by atoms with Gasteiger partial charge in [-0.05, 0) is 72.3 Å². The molecular weight excluding hydrogens is 310 g/mol. The number of nitrogens with one attached hydrogen (secondary N) is 1. The molecule has 0 aromatic heterocycles. The Hall–Kier alpha value is -0.310. The minimum absolute atomic E-state index is 0.782. The van der Waals surface area contributed by atoms with Crippen molar-refractivity contribution in [2.45, 2.75) is 38.6 Å². The van der Waals surface area contributed by atoms with Crippen molar-refractivity contribution in [3.63, 3.8) is 0 Å². The summed E-state index contributed by atoms with van der Waals surface area (Å²) < 4.78 is 0.959. The highest BCUT2D eigenvalue weighted by Gasteiger charge is 2.03. The summed E-state index contributed by atoms with van der Waals surface area (Å²) in [6, 6.07) is 6.12.